The Kier molecular flexibility index (Phi) is 5.38. The van der Waals surface area contributed by atoms with Crippen molar-refractivity contribution in [1.82, 2.24) is 4.31 Å². The third-order valence-electron chi connectivity index (χ3n) is 2.67. The number of carbonyl (C=O) groups is 1. The van der Waals surface area contributed by atoms with E-state index in [9.17, 15) is 27.7 Å². The lowest BCUT2D eigenvalue weighted by molar-refractivity contribution is -0.384. The highest BCUT2D eigenvalue weighted by atomic mass is 32.2. The van der Waals surface area contributed by atoms with E-state index in [0.29, 0.717) is 0 Å². The zero-order valence-electron chi connectivity index (χ0n) is 12.0. The topological polar surface area (TPSA) is 119 Å². The van der Waals surface area contributed by atoms with Crippen molar-refractivity contribution < 1.29 is 27.3 Å². The molecule has 1 aromatic rings. The van der Waals surface area contributed by atoms with Crippen molar-refractivity contribution in [2.24, 2.45) is 0 Å². The average molecular weight is 335 g/mol. The van der Waals surface area contributed by atoms with E-state index in [2.05, 4.69) is 10.1 Å². The second-order valence-electron chi connectivity index (χ2n) is 4.33. The molecule has 0 heterocycles. The molecule has 0 spiro atoms. The summed E-state index contributed by atoms with van der Waals surface area (Å²) >= 11 is 0. The van der Waals surface area contributed by atoms with E-state index in [-0.39, 0.29) is 5.75 Å². The molecule has 0 aromatic heterocycles. The van der Waals surface area contributed by atoms with Crippen LogP contribution >= 0.6 is 0 Å². The number of nitrogens with zero attached hydrogens (tertiary/aromatic N) is 2. The lowest BCUT2D eigenvalue weighted by atomic mass is 10.2. The lowest BCUT2D eigenvalue weighted by Gasteiger charge is -2.14. The fourth-order valence-electron chi connectivity index (χ4n) is 1.46. The number of anilines is 1. The summed E-state index contributed by atoms with van der Waals surface area (Å²) in [5.41, 5.74) is -0.969. The minimum Gasteiger partial charge on any atom is -0.493 e. The zero-order chi connectivity index (χ0) is 17.1. The molecule has 0 radical (unpaired) electrons. The molecule has 1 aromatic carbocycles. The number of ether oxygens (including phenoxy) is 1. The summed E-state index contributed by atoms with van der Waals surface area (Å²) in [6, 6.07) is 1.56. The van der Waals surface area contributed by atoms with Gasteiger partial charge in [0, 0.05) is 13.1 Å². The number of nitrogens with one attached hydrogen (secondary N) is 1. The SMILES string of the molecule is COc1cc([N+](=O)[O-])c(NC(=O)CN(C)S(C)(=O)=O)cc1F. The molecule has 122 valence electrons. The summed E-state index contributed by atoms with van der Waals surface area (Å²) in [5, 5.41) is 13.0. The standard InChI is InChI=1S/C11H14FN3O6S/c1-14(22(3,19)20)6-11(16)13-8-4-7(12)10(21-2)5-9(8)15(17)18/h4-5H,6H2,1-3H3,(H,13,16). The van der Waals surface area contributed by atoms with E-state index in [1.165, 1.54) is 0 Å². The van der Waals surface area contributed by atoms with Gasteiger partial charge in [-0.25, -0.2) is 12.8 Å². The van der Waals surface area contributed by atoms with Crippen LogP contribution in [0.15, 0.2) is 12.1 Å². The molecule has 1 N–H and O–H groups in total. The highest BCUT2D eigenvalue weighted by molar-refractivity contribution is 7.88. The van der Waals surface area contributed by atoms with E-state index < -0.39 is 44.6 Å². The van der Waals surface area contributed by atoms with E-state index in [1.807, 2.05) is 0 Å². The Bertz CT molecular complexity index is 706. The number of carbonyl (C=O) groups excluding carboxylic acids is 1. The third-order valence-corrected chi connectivity index (χ3v) is 3.93. The van der Waals surface area contributed by atoms with Crippen molar-refractivity contribution in [3.05, 3.63) is 28.1 Å². The predicted molar refractivity (Wildman–Crippen MR) is 75.7 cm³/mol. The summed E-state index contributed by atoms with van der Waals surface area (Å²) in [6.45, 7) is -0.566. The minimum absolute atomic E-state index is 0.349. The van der Waals surface area contributed by atoms with E-state index in [0.717, 1.165) is 36.9 Å². The Morgan fingerprint density at radius 1 is 1.50 bits per heavy atom. The average Bonchev–Trinajstić information content (AvgIpc) is 2.37. The number of halogens is 1. The molecule has 1 rings (SSSR count). The Balaban J connectivity index is 3.05. The fourth-order valence-corrected chi connectivity index (χ4v) is 1.81. The molecule has 9 nitrogen and oxygen atoms in total. The predicted octanol–water partition coefficient (Wildman–Crippen LogP) is 0.572. The monoisotopic (exact) mass is 335 g/mol. The first-order valence-corrected chi connectivity index (χ1v) is 7.64. The van der Waals surface area contributed by atoms with Crippen molar-refractivity contribution >= 4 is 27.3 Å². The first kappa shape index (κ1) is 17.8. The number of amides is 1. The van der Waals surface area contributed by atoms with Crippen LogP contribution < -0.4 is 10.1 Å². The van der Waals surface area contributed by atoms with Gasteiger partial charge < -0.3 is 10.1 Å². The van der Waals surface area contributed by atoms with Gasteiger partial charge in [-0.1, -0.05) is 0 Å². The fraction of sp³-hybridized carbons (Fsp3) is 0.364. The largest absolute Gasteiger partial charge is 0.493 e. The molecule has 0 aliphatic heterocycles. The van der Waals surface area contributed by atoms with Crippen molar-refractivity contribution in [1.29, 1.82) is 0 Å². The first-order valence-electron chi connectivity index (χ1n) is 5.79. The molecule has 0 fully saturated rings. The Morgan fingerprint density at radius 3 is 2.55 bits per heavy atom. The number of benzene rings is 1. The summed E-state index contributed by atoms with van der Waals surface area (Å²) in [4.78, 5) is 21.8. The first-order chi connectivity index (χ1) is 10.1. The number of nitro groups is 1. The van der Waals surface area contributed by atoms with Gasteiger partial charge in [-0.15, -0.1) is 0 Å². The van der Waals surface area contributed by atoms with Gasteiger partial charge in [0.15, 0.2) is 11.6 Å². The number of sulfonamides is 1. The Morgan fingerprint density at radius 2 is 2.09 bits per heavy atom. The maximum absolute atomic E-state index is 13.6. The molecule has 0 bridgehead atoms. The van der Waals surface area contributed by atoms with Crippen molar-refractivity contribution in [2.75, 3.05) is 32.3 Å². The van der Waals surface area contributed by atoms with Crippen LogP contribution in [0.5, 0.6) is 5.75 Å². The van der Waals surface area contributed by atoms with Gasteiger partial charge >= 0.3 is 0 Å². The van der Waals surface area contributed by atoms with E-state index in [1.54, 1.807) is 0 Å². The number of likely N-dealkylation sites (N-methyl/N-ethyl adjacent to an activating group) is 1. The molecule has 0 unspecified atom stereocenters. The molecule has 0 atom stereocenters. The summed E-state index contributed by atoms with van der Waals surface area (Å²) < 4.78 is 41.3. The highest BCUT2D eigenvalue weighted by Gasteiger charge is 2.22. The van der Waals surface area contributed by atoms with Gasteiger partial charge in [0.25, 0.3) is 5.69 Å². The van der Waals surface area contributed by atoms with Gasteiger partial charge in [-0.2, -0.15) is 4.31 Å². The van der Waals surface area contributed by atoms with Crippen LogP contribution in [-0.4, -0.2) is 50.5 Å². The van der Waals surface area contributed by atoms with Gasteiger partial charge in [0.05, 0.1) is 30.9 Å². The molecule has 1 amide bonds. The van der Waals surface area contributed by atoms with Crippen LogP contribution in [0.3, 0.4) is 0 Å². The molecule has 0 aliphatic rings. The maximum Gasteiger partial charge on any atom is 0.296 e. The third kappa shape index (κ3) is 4.36. The highest BCUT2D eigenvalue weighted by Crippen LogP contribution is 2.31. The molecule has 11 heteroatoms. The molecular formula is C11H14FN3O6S. The molecule has 0 saturated heterocycles. The Hall–Kier alpha value is -2.27. The lowest BCUT2D eigenvalue weighted by Crippen LogP contribution is -2.34. The number of methoxy groups -OCH3 is 1. The maximum atomic E-state index is 13.6. The summed E-state index contributed by atoms with van der Waals surface area (Å²) in [7, 11) is -1.29. The molecule has 22 heavy (non-hydrogen) atoms. The number of hydrogen-bond acceptors (Lipinski definition) is 6. The normalized spacial score (nSPS) is 11.3. The van der Waals surface area contributed by atoms with Crippen LogP contribution in [0.2, 0.25) is 0 Å². The van der Waals surface area contributed by atoms with Crippen LogP contribution in [-0.2, 0) is 14.8 Å². The van der Waals surface area contributed by atoms with Crippen molar-refractivity contribution in [3.8, 4) is 5.75 Å². The van der Waals surface area contributed by atoms with Gasteiger partial charge in [0.1, 0.15) is 5.69 Å². The summed E-state index contributed by atoms with van der Waals surface area (Å²) in [5.74, 6) is -2.10. The smallest absolute Gasteiger partial charge is 0.296 e. The minimum atomic E-state index is -3.59. The second kappa shape index (κ2) is 6.66. The van der Waals surface area contributed by atoms with Crippen molar-refractivity contribution in [2.45, 2.75) is 0 Å². The molecular weight excluding hydrogens is 321 g/mol. The zero-order valence-corrected chi connectivity index (χ0v) is 12.8. The van der Waals surface area contributed by atoms with Crippen LogP contribution in [0.4, 0.5) is 15.8 Å². The Labute approximate surface area is 125 Å². The molecule has 0 saturated carbocycles. The van der Waals surface area contributed by atoms with Crippen LogP contribution in [0, 0.1) is 15.9 Å². The van der Waals surface area contributed by atoms with E-state index >= 15 is 0 Å². The number of nitro benzene ring substituents is 1. The number of rotatable bonds is 6. The second-order valence-corrected chi connectivity index (χ2v) is 6.42. The van der Waals surface area contributed by atoms with E-state index in [4.69, 9.17) is 0 Å². The van der Waals surface area contributed by atoms with Crippen LogP contribution in [0.1, 0.15) is 0 Å². The molecule has 0 aliphatic carbocycles. The van der Waals surface area contributed by atoms with Crippen LogP contribution in [0.25, 0.3) is 0 Å². The van der Waals surface area contributed by atoms with Gasteiger partial charge in [-0.05, 0) is 0 Å². The quantitative estimate of drug-likeness (QED) is 0.600. The summed E-state index contributed by atoms with van der Waals surface area (Å²) in [6.07, 6.45) is 0.899. The number of hydrogen-bond donors (Lipinski definition) is 1. The van der Waals surface area contributed by atoms with Gasteiger partial charge in [-0.3, -0.25) is 14.9 Å². The van der Waals surface area contributed by atoms with Gasteiger partial charge in [0.2, 0.25) is 15.9 Å². The van der Waals surface area contributed by atoms with Crippen molar-refractivity contribution in [3.63, 3.8) is 0 Å².